The Morgan fingerprint density at radius 1 is 0.650 bits per heavy atom. The zero-order valence-corrected chi connectivity index (χ0v) is 26.9. The van der Waals surface area contributed by atoms with E-state index in [0.717, 1.165) is 8.95 Å². The van der Waals surface area contributed by atoms with Crippen LogP contribution in [0.3, 0.4) is 0 Å². The first-order valence-corrected chi connectivity index (χ1v) is 14.6. The van der Waals surface area contributed by atoms with E-state index in [4.69, 9.17) is 20.9 Å². The number of hydrogen-bond acceptors (Lipinski definition) is 8. The SMILES string of the molecule is CC(N)CC(=O)C(C)(C)C(OC(=O)C(=O)OC(c1ccc(Br)cc1)C(C)(C)C(=O)CC(C)N)c1ccc(Br)cc1. The fourth-order valence-electron chi connectivity index (χ4n) is 4.25. The number of halogens is 2. The van der Waals surface area contributed by atoms with Gasteiger partial charge in [-0.3, -0.25) is 9.59 Å². The third-order valence-electron chi connectivity index (χ3n) is 6.72. The van der Waals surface area contributed by atoms with E-state index in [9.17, 15) is 19.2 Å². The van der Waals surface area contributed by atoms with E-state index in [1.54, 1.807) is 90.1 Å². The normalized spacial score (nSPS) is 14.9. The standard InChI is InChI=1S/C30H38Br2N2O6/c1-17(33)15-23(35)29(3,4)25(19-7-11-21(31)12-8-19)39-27(37)28(38)40-26(20-9-13-22(32)14-10-20)30(5,6)24(36)16-18(2)34/h7-14,17-18,25-26H,15-16,33-34H2,1-6H3. The van der Waals surface area contributed by atoms with E-state index in [-0.39, 0.29) is 24.4 Å². The van der Waals surface area contributed by atoms with Gasteiger partial charge >= 0.3 is 11.9 Å². The molecule has 8 nitrogen and oxygen atoms in total. The Labute approximate surface area is 252 Å². The Hall–Kier alpha value is -2.40. The number of carbonyl (C=O) groups is 4. The van der Waals surface area contributed by atoms with Gasteiger partial charge in [-0.1, -0.05) is 56.1 Å². The van der Waals surface area contributed by atoms with Crippen LogP contribution in [0.15, 0.2) is 57.5 Å². The van der Waals surface area contributed by atoms with Gasteiger partial charge < -0.3 is 20.9 Å². The van der Waals surface area contributed by atoms with Gasteiger partial charge in [0.1, 0.15) is 23.8 Å². The number of carbonyl (C=O) groups excluding carboxylic acids is 4. The minimum absolute atomic E-state index is 0.0591. The van der Waals surface area contributed by atoms with Crippen LogP contribution in [0, 0.1) is 10.8 Å². The predicted molar refractivity (Wildman–Crippen MR) is 160 cm³/mol. The second-order valence-corrected chi connectivity index (χ2v) is 13.2. The largest absolute Gasteiger partial charge is 0.448 e. The van der Waals surface area contributed by atoms with Crippen LogP contribution in [0.5, 0.6) is 0 Å². The van der Waals surface area contributed by atoms with Crippen molar-refractivity contribution >= 4 is 55.4 Å². The maximum atomic E-state index is 13.2. The summed E-state index contributed by atoms with van der Waals surface area (Å²) in [5, 5.41) is 0. The van der Waals surface area contributed by atoms with Crippen molar-refractivity contribution in [1.82, 2.24) is 0 Å². The maximum absolute atomic E-state index is 13.2. The van der Waals surface area contributed by atoms with Gasteiger partial charge in [0.05, 0.1) is 10.8 Å². The molecule has 0 amide bonds. The van der Waals surface area contributed by atoms with Crippen LogP contribution in [0.2, 0.25) is 0 Å². The van der Waals surface area contributed by atoms with Crippen LogP contribution >= 0.6 is 31.9 Å². The van der Waals surface area contributed by atoms with Crippen molar-refractivity contribution in [1.29, 1.82) is 0 Å². The summed E-state index contributed by atoms with van der Waals surface area (Å²) in [6.07, 6.45) is -2.09. The third kappa shape index (κ3) is 8.80. The lowest BCUT2D eigenvalue weighted by Gasteiger charge is -2.35. The second-order valence-electron chi connectivity index (χ2n) is 11.3. The molecule has 0 bridgehead atoms. The highest BCUT2D eigenvalue weighted by Gasteiger charge is 2.44. The van der Waals surface area contributed by atoms with Crippen LogP contribution in [-0.4, -0.2) is 35.6 Å². The van der Waals surface area contributed by atoms with E-state index in [1.165, 1.54) is 0 Å². The Morgan fingerprint density at radius 2 is 0.925 bits per heavy atom. The van der Waals surface area contributed by atoms with Crippen LogP contribution in [-0.2, 0) is 28.7 Å². The zero-order chi connectivity index (χ0) is 30.4. The average Bonchev–Trinajstić information content (AvgIpc) is 2.85. The number of ketones is 2. The number of benzene rings is 2. The van der Waals surface area contributed by atoms with E-state index in [0.29, 0.717) is 11.1 Å². The summed E-state index contributed by atoms with van der Waals surface area (Å²) in [7, 11) is 0. The lowest BCUT2D eigenvalue weighted by molar-refractivity contribution is -0.183. The van der Waals surface area contributed by atoms with Crippen molar-refractivity contribution in [2.75, 3.05) is 0 Å². The summed E-state index contributed by atoms with van der Waals surface area (Å²) in [6, 6.07) is 13.0. The van der Waals surface area contributed by atoms with Gasteiger partial charge in [-0.15, -0.1) is 0 Å². The first kappa shape index (κ1) is 33.8. The Balaban J connectivity index is 2.43. The smallest absolute Gasteiger partial charge is 0.418 e. The molecule has 0 saturated heterocycles. The van der Waals surface area contributed by atoms with Crippen molar-refractivity contribution in [2.24, 2.45) is 22.3 Å². The van der Waals surface area contributed by atoms with Crippen LogP contribution in [0.1, 0.15) is 77.7 Å². The quantitative estimate of drug-likeness (QED) is 0.213. The van der Waals surface area contributed by atoms with E-state index in [2.05, 4.69) is 31.9 Å². The fraction of sp³-hybridized carbons (Fsp3) is 0.467. The zero-order valence-electron chi connectivity index (χ0n) is 23.7. The van der Waals surface area contributed by atoms with Gasteiger partial charge in [-0.2, -0.15) is 0 Å². The summed E-state index contributed by atoms with van der Waals surface area (Å²) >= 11 is 6.75. The summed E-state index contributed by atoms with van der Waals surface area (Å²) in [4.78, 5) is 52.7. The molecular weight excluding hydrogens is 644 g/mol. The second kappa shape index (κ2) is 14.0. The molecule has 0 aromatic heterocycles. The number of rotatable bonds is 12. The molecule has 4 unspecified atom stereocenters. The van der Waals surface area contributed by atoms with Gasteiger partial charge in [0, 0.05) is 33.9 Å². The molecule has 0 heterocycles. The molecule has 0 saturated carbocycles. The lowest BCUT2D eigenvalue weighted by Crippen LogP contribution is -2.40. The first-order chi connectivity index (χ1) is 18.5. The van der Waals surface area contributed by atoms with Gasteiger partial charge in [0.2, 0.25) is 0 Å². The maximum Gasteiger partial charge on any atom is 0.418 e. The van der Waals surface area contributed by atoms with Gasteiger partial charge in [-0.25, -0.2) is 9.59 Å². The molecule has 0 aliphatic heterocycles. The van der Waals surface area contributed by atoms with Gasteiger partial charge in [0.15, 0.2) is 0 Å². The number of nitrogens with two attached hydrogens (primary N) is 2. The minimum Gasteiger partial charge on any atom is -0.448 e. The summed E-state index contributed by atoms with van der Waals surface area (Å²) in [5.41, 5.74) is 10.3. The summed E-state index contributed by atoms with van der Waals surface area (Å²) in [6.45, 7) is 9.99. The van der Waals surface area contributed by atoms with Crippen molar-refractivity contribution in [3.05, 3.63) is 68.6 Å². The Kier molecular flexibility index (Phi) is 11.8. The molecule has 2 aromatic carbocycles. The predicted octanol–water partition coefficient (Wildman–Crippen LogP) is 5.75. The van der Waals surface area contributed by atoms with Crippen molar-refractivity contribution in [2.45, 2.75) is 78.7 Å². The highest BCUT2D eigenvalue weighted by Crippen LogP contribution is 2.41. The van der Waals surface area contributed by atoms with Crippen LogP contribution in [0.4, 0.5) is 0 Å². The Morgan fingerprint density at radius 3 is 1.18 bits per heavy atom. The highest BCUT2D eigenvalue weighted by molar-refractivity contribution is 9.10. The monoisotopic (exact) mass is 680 g/mol. The highest BCUT2D eigenvalue weighted by atomic mass is 79.9. The number of ether oxygens (including phenoxy) is 2. The molecule has 0 aliphatic carbocycles. The molecule has 0 radical (unpaired) electrons. The third-order valence-corrected chi connectivity index (χ3v) is 7.78. The lowest BCUT2D eigenvalue weighted by atomic mass is 9.76. The van der Waals surface area contributed by atoms with Crippen molar-refractivity contribution < 1.29 is 28.7 Å². The van der Waals surface area contributed by atoms with Crippen LogP contribution in [0.25, 0.3) is 0 Å². The molecular formula is C30H38Br2N2O6. The average molecular weight is 682 g/mol. The number of hydrogen-bond donors (Lipinski definition) is 2. The number of esters is 2. The van der Waals surface area contributed by atoms with Crippen molar-refractivity contribution in [3.8, 4) is 0 Å². The summed E-state index contributed by atoms with van der Waals surface area (Å²) < 4.78 is 13.0. The molecule has 4 atom stereocenters. The van der Waals surface area contributed by atoms with E-state index in [1.807, 2.05) is 0 Å². The molecule has 0 fully saturated rings. The molecule has 218 valence electrons. The van der Waals surface area contributed by atoms with Crippen LogP contribution < -0.4 is 11.5 Å². The first-order valence-electron chi connectivity index (χ1n) is 13.0. The molecule has 10 heteroatoms. The van der Waals surface area contributed by atoms with Gasteiger partial charge in [-0.05, 0) is 76.9 Å². The molecule has 40 heavy (non-hydrogen) atoms. The number of Topliss-reactive ketones (excluding diaryl/α,β-unsaturated/α-hetero) is 2. The molecule has 4 N–H and O–H groups in total. The molecule has 2 rings (SSSR count). The molecule has 2 aromatic rings. The Bertz CT molecular complexity index is 1110. The fourth-order valence-corrected chi connectivity index (χ4v) is 4.78. The molecule has 0 aliphatic rings. The topological polar surface area (TPSA) is 139 Å². The van der Waals surface area contributed by atoms with E-state index < -0.39 is 47.1 Å². The molecule has 0 spiro atoms. The summed E-state index contributed by atoms with van der Waals surface area (Å²) in [5.74, 6) is -3.03. The minimum atomic E-state index is -1.29. The van der Waals surface area contributed by atoms with E-state index >= 15 is 0 Å². The van der Waals surface area contributed by atoms with Gasteiger partial charge in [0.25, 0.3) is 0 Å². The van der Waals surface area contributed by atoms with Crippen molar-refractivity contribution in [3.63, 3.8) is 0 Å².